The SMILES string of the molecule is O=S(=O)(Nc1ccc2cc1-2)C(Cl)Cl. The molecule has 0 aromatic rings. The minimum Gasteiger partial charge on any atom is -0.281 e. The van der Waals surface area contributed by atoms with Gasteiger partial charge in [-0.25, -0.2) is 8.42 Å². The summed E-state index contributed by atoms with van der Waals surface area (Å²) >= 11 is 10.5. The molecule has 70 valence electrons. The maximum atomic E-state index is 11.2. The smallest absolute Gasteiger partial charge is 0.264 e. The van der Waals surface area contributed by atoms with Crippen molar-refractivity contribution in [3.8, 4) is 11.1 Å². The number of halogens is 2. The van der Waals surface area contributed by atoms with Gasteiger partial charge in [0.2, 0.25) is 4.17 Å². The molecule has 1 N–H and O–H groups in total. The summed E-state index contributed by atoms with van der Waals surface area (Å²) < 4.78 is 23.2. The molecule has 0 heterocycles. The van der Waals surface area contributed by atoms with E-state index < -0.39 is 14.2 Å². The molecule has 0 unspecified atom stereocenters. The third-order valence-corrected chi connectivity index (χ3v) is 4.11. The first-order chi connectivity index (χ1) is 6.00. The Morgan fingerprint density at radius 2 is 2.00 bits per heavy atom. The zero-order valence-corrected chi connectivity index (χ0v) is 8.62. The molecular formula is C7H5Cl2NO2S. The van der Waals surface area contributed by atoms with E-state index in [2.05, 4.69) is 4.72 Å². The molecule has 2 aliphatic carbocycles. The Bertz CT molecular complexity index is 456. The lowest BCUT2D eigenvalue weighted by Gasteiger charge is -2.05. The average molecular weight is 238 g/mol. The van der Waals surface area contributed by atoms with Gasteiger partial charge in [-0.1, -0.05) is 29.3 Å². The molecule has 0 aromatic heterocycles. The van der Waals surface area contributed by atoms with E-state index in [9.17, 15) is 8.42 Å². The predicted molar refractivity (Wildman–Crippen MR) is 53.5 cm³/mol. The van der Waals surface area contributed by atoms with Crippen molar-refractivity contribution in [2.24, 2.45) is 0 Å². The summed E-state index contributed by atoms with van der Waals surface area (Å²) in [5.41, 5.74) is 2.51. The van der Waals surface area contributed by atoms with E-state index in [0.717, 1.165) is 11.1 Å². The number of nitrogens with one attached hydrogen (secondary N) is 1. The molecule has 0 bridgehead atoms. The second-order valence-corrected chi connectivity index (χ2v) is 6.05. The van der Waals surface area contributed by atoms with Crippen molar-refractivity contribution in [3.05, 3.63) is 18.2 Å². The number of anilines is 1. The minimum absolute atomic E-state index is 0.543. The van der Waals surface area contributed by atoms with Crippen molar-refractivity contribution >= 4 is 38.9 Å². The highest BCUT2D eigenvalue weighted by Crippen LogP contribution is 2.42. The Balaban J connectivity index is 2.20. The molecule has 2 aliphatic rings. The van der Waals surface area contributed by atoms with E-state index in [1.54, 1.807) is 6.07 Å². The van der Waals surface area contributed by atoms with Gasteiger partial charge in [-0.2, -0.15) is 0 Å². The molecule has 0 aromatic carbocycles. The van der Waals surface area contributed by atoms with Crippen LogP contribution in [0.3, 0.4) is 0 Å². The van der Waals surface area contributed by atoms with Crippen molar-refractivity contribution in [1.29, 1.82) is 0 Å². The van der Waals surface area contributed by atoms with E-state index >= 15 is 0 Å². The monoisotopic (exact) mass is 237 g/mol. The molecule has 0 aliphatic heterocycles. The highest BCUT2D eigenvalue weighted by molar-refractivity contribution is 7.95. The Hall–Kier alpha value is -0.450. The minimum atomic E-state index is -3.65. The molecule has 0 fully saturated rings. The Morgan fingerprint density at radius 1 is 1.31 bits per heavy atom. The molecule has 0 spiro atoms. The van der Waals surface area contributed by atoms with Gasteiger partial charge < -0.3 is 0 Å². The fourth-order valence-electron chi connectivity index (χ4n) is 1.04. The highest BCUT2D eigenvalue weighted by atomic mass is 35.5. The summed E-state index contributed by atoms with van der Waals surface area (Å²) in [5, 5.41) is 0. The molecule has 3 nitrogen and oxygen atoms in total. The standard InChI is InChI=1S/C7H5Cl2NO2S/c8-7(9)13(11,12)10-6-2-1-4-3-5(4)6/h1-3,7,10H. The van der Waals surface area contributed by atoms with E-state index in [1.165, 1.54) is 0 Å². The first kappa shape index (κ1) is 9.12. The first-order valence-electron chi connectivity index (χ1n) is 3.45. The fourth-order valence-corrected chi connectivity index (χ4v) is 1.88. The second-order valence-electron chi connectivity index (χ2n) is 2.67. The molecule has 0 amide bonds. The molecule has 0 atom stereocenters. The lowest BCUT2D eigenvalue weighted by Crippen LogP contribution is -2.18. The van der Waals surface area contributed by atoms with Crippen molar-refractivity contribution in [2.75, 3.05) is 4.72 Å². The molecule has 6 heteroatoms. The maximum Gasteiger partial charge on any atom is 0.264 e. The van der Waals surface area contributed by atoms with E-state index in [1.807, 2.05) is 12.1 Å². The molecular weight excluding hydrogens is 233 g/mol. The van der Waals surface area contributed by atoms with Crippen LogP contribution in [0.15, 0.2) is 18.2 Å². The van der Waals surface area contributed by atoms with Crippen LogP contribution >= 0.6 is 23.2 Å². The number of benzene rings is 1. The van der Waals surface area contributed by atoms with Gasteiger partial charge in [0.05, 0.1) is 5.69 Å². The van der Waals surface area contributed by atoms with Crippen LogP contribution in [0.4, 0.5) is 5.69 Å². The summed E-state index contributed by atoms with van der Waals surface area (Å²) in [6, 6.07) is 5.37. The Morgan fingerprint density at radius 3 is 2.38 bits per heavy atom. The van der Waals surface area contributed by atoms with Gasteiger partial charge >= 0.3 is 0 Å². The van der Waals surface area contributed by atoms with Crippen LogP contribution in [0.25, 0.3) is 11.1 Å². The maximum absolute atomic E-state index is 11.2. The first-order valence-corrected chi connectivity index (χ1v) is 5.87. The molecule has 13 heavy (non-hydrogen) atoms. The van der Waals surface area contributed by atoms with Crippen LogP contribution in [-0.2, 0) is 10.0 Å². The summed E-state index contributed by atoms with van der Waals surface area (Å²) in [4.78, 5) is 0. The van der Waals surface area contributed by atoms with Gasteiger partial charge in [-0.15, -0.1) is 0 Å². The normalized spacial score (nSPS) is 13.2. The van der Waals surface area contributed by atoms with E-state index in [0.29, 0.717) is 5.69 Å². The van der Waals surface area contributed by atoms with Gasteiger partial charge in [-0.3, -0.25) is 4.72 Å². The Labute approximate surface area is 85.7 Å². The van der Waals surface area contributed by atoms with Crippen LogP contribution in [0.1, 0.15) is 0 Å². The number of fused-ring (bicyclic) bond motifs is 1. The largest absolute Gasteiger partial charge is 0.281 e. The highest BCUT2D eigenvalue weighted by Gasteiger charge is 2.25. The van der Waals surface area contributed by atoms with Gasteiger partial charge in [0.25, 0.3) is 10.0 Å². The van der Waals surface area contributed by atoms with Crippen molar-refractivity contribution in [2.45, 2.75) is 4.17 Å². The number of sulfonamides is 1. The number of alkyl halides is 2. The molecule has 0 saturated heterocycles. The average Bonchev–Trinajstić information content (AvgIpc) is 2.70. The third kappa shape index (κ3) is 1.61. The predicted octanol–water partition coefficient (Wildman–Crippen LogP) is 2.17. The van der Waals surface area contributed by atoms with Gasteiger partial charge in [-0.05, 0) is 17.7 Å². The number of rotatable bonds is 3. The molecule has 0 saturated carbocycles. The van der Waals surface area contributed by atoms with Gasteiger partial charge in [0.1, 0.15) is 0 Å². The second kappa shape index (κ2) is 2.77. The van der Waals surface area contributed by atoms with Crippen LogP contribution in [0.5, 0.6) is 0 Å². The zero-order valence-electron chi connectivity index (χ0n) is 6.29. The van der Waals surface area contributed by atoms with Crippen LogP contribution in [0, 0.1) is 0 Å². The van der Waals surface area contributed by atoms with Crippen LogP contribution in [0.2, 0.25) is 0 Å². The molecule has 2 rings (SSSR count). The van der Waals surface area contributed by atoms with Crippen molar-refractivity contribution < 1.29 is 8.42 Å². The number of hydrogen-bond acceptors (Lipinski definition) is 2. The van der Waals surface area contributed by atoms with Crippen LogP contribution in [-0.4, -0.2) is 12.6 Å². The lowest BCUT2D eigenvalue weighted by molar-refractivity contribution is 0.603. The van der Waals surface area contributed by atoms with Gasteiger partial charge in [0.15, 0.2) is 0 Å². The molecule has 0 radical (unpaired) electrons. The number of hydrogen-bond donors (Lipinski definition) is 1. The van der Waals surface area contributed by atoms with Gasteiger partial charge in [0, 0.05) is 5.56 Å². The van der Waals surface area contributed by atoms with E-state index in [4.69, 9.17) is 23.2 Å². The Kier molecular flexibility index (Phi) is 1.94. The summed E-state index contributed by atoms with van der Waals surface area (Å²) in [6.45, 7) is 0. The lowest BCUT2D eigenvalue weighted by atomic mass is 10.5. The third-order valence-electron chi connectivity index (χ3n) is 1.73. The van der Waals surface area contributed by atoms with E-state index in [-0.39, 0.29) is 0 Å². The van der Waals surface area contributed by atoms with Crippen LogP contribution < -0.4 is 4.72 Å². The van der Waals surface area contributed by atoms with Crippen molar-refractivity contribution in [1.82, 2.24) is 0 Å². The quantitative estimate of drug-likeness (QED) is 0.833. The summed E-state index contributed by atoms with van der Waals surface area (Å²) in [5.74, 6) is 0. The summed E-state index contributed by atoms with van der Waals surface area (Å²) in [7, 11) is -3.65. The summed E-state index contributed by atoms with van der Waals surface area (Å²) in [6.07, 6.45) is 0. The fraction of sp³-hybridized carbons (Fsp3) is 0.143. The zero-order chi connectivity index (χ0) is 9.64. The van der Waals surface area contributed by atoms with Crippen molar-refractivity contribution in [3.63, 3.8) is 0 Å². The topological polar surface area (TPSA) is 46.2 Å².